The first-order valence-corrected chi connectivity index (χ1v) is 10.4. The first kappa shape index (κ1) is 19.5. The van der Waals surface area contributed by atoms with Crippen molar-refractivity contribution in [2.75, 3.05) is 11.5 Å². The normalized spacial score (nSPS) is 17.3. The Balaban J connectivity index is 1.89. The monoisotopic (exact) mass is 386 g/mol. The van der Waals surface area contributed by atoms with Gasteiger partial charge in [-0.1, -0.05) is 30.3 Å². The minimum absolute atomic E-state index is 0.0901. The standard InChI is InChI=1S/C21H26N2O3S/c1-14-13-18(16(3)23(14)15(2)17-7-5-4-6-8-17)19(24)22-21(20(25)26)9-11-27-12-10-21/h4-8,13,15H,9-12H2,1-3H3,(H,22,24)(H,25,26). The van der Waals surface area contributed by atoms with Crippen molar-refractivity contribution in [2.24, 2.45) is 0 Å². The number of thioether (sulfide) groups is 1. The molecule has 0 radical (unpaired) electrons. The third kappa shape index (κ3) is 3.76. The molecule has 2 heterocycles. The largest absolute Gasteiger partial charge is 0.480 e. The lowest BCUT2D eigenvalue weighted by atomic mass is 9.92. The molecule has 1 aromatic carbocycles. The van der Waals surface area contributed by atoms with Gasteiger partial charge in [0.1, 0.15) is 5.54 Å². The van der Waals surface area contributed by atoms with Crippen LogP contribution in [-0.2, 0) is 4.79 Å². The second-order valence-electron chi connectivity index (χ2n) is 7.20. The van der Waals surface area contributed by atoms with Gasteiger partial charge in [0.25, 0.3) is 5.91 Å². The minimum atomic E-state index is -1.16. The molecule has 1 amide bonds. The molecular formula is C21H26N2O3S. The van der Waals surface area contributed by atoms with E-state index in [4.69, 9.17) is 0 Å². The molecule has 1 saturated heterocycles. The van der Waals surface area contributed by atoms with E-state index in [2.05, 4.69) is 28.9 Å². The molecule has 1 aliphatic heterocycles. The number of carbonyl (C=O) groups is 2. The number of carbonyl (C=O) groups excluding carboxylic acids is 1. The summed E-state index contributed by atoms with van der Waals surface area (Å²) in [7, 11) is 0. The fraction of sp³-hybridized carbons (Fsp3) is 0.429. The number of carboxylic acid groups (broad SMARTS) is 1. The van der Waals surface area contributed by atoms with Crippen molar-refractivity contribution >= 4 is 23.6 Å². The topological polar surface area (TPSA) is 71.3 Å². The Morgan fingerprint density at radius 2 is 1.81 bits per heavy atom. The maximum atomic E-state index is 13.0. The smallest absolute Gasteiger partial charge is 0.329 e. The lowest BCUT2D eigenvalue weighted by Gasteiger charge is -2.33. The van der Waals surface area contributed by atoms with Crippen LogP contribution in [-0.4, -0.2) is 38.6 Å². The summed E-state index contributed by atoms with van der Waals surface area (Å²) >= 11 is 1.73. The molecule has 1 unspecified atom stereocenters. The van der Waals surface area contributed by atoms with Crippen molar-refractivity contribution < 1.29 is 14.7 Å². The summed E-state index contributed by atoms with van der Waals surface area (Å²) in [6, 6.07) is 12.1. The number of benzene rings is 1. The number of hydrogen-bond acceptors (Lipinski definition) is 3. The third-order valence-corrected chi connectivity index (χ3v) is 6.49. The Kier molecular flexibility index (Phi) is 5.65. The summed E-state index contributed by atoms with van der Waals surface area (Å²) in [6.07, 6.45) is 0.912. The summed E-state index contributed by atoms with van der Waals surface area (Å²) in [4.78, 5) is 24.8. The predicted octanol–water partition coefficient (Wildman–Crippen LogP) is 3.79. The van der Waals surface area contributed by atoms with E-state index in [9.17, 15) is 14.7 Å². The molecule has 1 aromatic heterocycles. The van der Waals surface area contributed by atoms with Crippen LogP contribution in [0.1, 0.15) is 53.1 Å². The van der Waals surface area contributed by atoms with Crippen LogP contribution < -0.4 is 5.32 Å². The lowest BCUT2D eigenvalue weighted by molar-refractivity contribution is -0.144. The van der Waals surface area contributed by atoms with Crippen molar-refractivity contribution in [3.8, 4) is 0 Å². The lowest BCUT2D eigenvalue weighted by Crippen LogP contribution is -2.56. The summed E-state index contributed by atoms with van der Waals surface area (Å²) in [5.74, 6) is 0.249. The third-order valence-electron chi connectivity index (χ3n) is 5.51. The van der Waals surface area contributed by atoms with E-state index >= 15 is 0 Å². The molecule has 0 aliphatic carbocycles. The van der Waals surface area contributed by atoms with Crippen LogP contribution in [0.3, 0.4) is 0 Å². The van der Waals surface area contributed by atoms with Crippen molar-refractivity contribution in [3.63, 3.8) is 0 Å². The summed E-state index contributed by atoms with van der Waals surface area (Å²) in [5.41, 5.74) is 2.40. The van der Waals surface area contributed by atoms with Crippen molar-refractivity contribution in [1.29, 1.82) is 0 Å². The van der Waals surface area contributed by atoms with Crippen molar-refractivity contribution in [3.05, 3.63) is 58.9 Å². The van der Waals surface area contributed by atoms with Gasteiger partial charge in [-0.3, -0.25) is 4.79 Å². The average Bonchev–Trinajstić information content (AvgIpc) is 2.97. The van der Waals surface area contributed by atoms with Crippen LogP contribution in [0.2, 0.25) is 0 Å². The molecule has 2 aromatic rings. The van der Waals surface area contributed by atoms with Crippen LogP contribution in [0.15, 0.2) is 36.4 Å². The van der Waals surface area contributed by atoms with Crippen LogP contribution in [0, 0.1) is 13.8 Å². The first-order chi connectivity index (χ1) is 12.9. The van der Waals surface area contributed by atoms with Gasteiger partial charge in [-0.15, -0.1) is 0 Å². The Labute approximate surface area is 164 Å². The van der Waals surface area contributed by atoms with Gasteiger partial charge in [0.05, 0.1) is 11.6 Å². The number of aliphatic carboxylic acids is 1. The number of hydrogen-bond donors (Lipinski definition) is 2. The zero-order valence-corrected chi connectivity index (χ0v) is 16.8. The molecule has 144 valence electrons. The maximum absolute atomic E-state index is 13.0. The van der Waals surface area contributed by atoms with Gasteiger partial charge < -0.3 is 15.0 Å². The van der Waals surface area contributed by atoms with Gasteiger partial charge in [-0.05, 0) is 56.7 Å². The molecule has 3 rings (SSSR count). The number of nitrogens with one attached hydrogen (secondary N) is 1. The van der Waals surface area contributed by atoms with Crippen LogP contribution in [0.25, 0.3) is 0 Å². The van der Waals surface area contributed by atoms with E-state index in [0.29, 0.717) is 18.4 Å². The van der Waals surface area contributed by atoms with E-state index in [0.717, 1.165) is 28.5 Å². The predicted molar refractivity (Wildman–Crippen MR) is 109 cm³/mol. The number of rotatable bonds is 5. The Morgan fingerprint density at radius 3 is 2.41 bits per heavy atom. The van der Waals surface area contributed by atoms with Gasteiger partial charge in [0.2, 0.25) is 0 Å². The van der Waals surface area contributed by atoms with E-state index in [1.807, 2.05) is 38.1 Å². The average molecular weight is 387 g/mol. The quantitative estimate of drug-likeness (QED) is 0.820. The van der Waals surface area contributed by atoms with E-state index in [-0.39, 0.29) is 11.9 Å². The zero-order chi connectivity index (χ0) is 19.6. The number of aromatic nitrogens is 1. The summed E-state index contributed by atoms with van der Waals surface area (Å²) in [5, 5.41) is 12.6. The maximum Gasteiger partial charge on any atom is 0.329 e. The number of carboxylic acids is 1. The summed E-state index contributed by atoms with van der Waals surface area (Å²) < 4.78 is 2.13. The van der Waals surface area contributed by atoms with Gasteiger partial charge in [0, 0.05) is 11.4 Å². The number of nitrogens with zero attached hydrogens (tertiary/aromatic N) is 1. The molecule has 0 saturated carbocycles. The van der Waals surface area contributed by atoms with Gasteiger partial charge in [-0.2, -0.15) is 11.8 Å². The molecule has 1 aliphatic rings. The van der Waals surface area contributed by atoms with Crippen LogP contribution in [0.4, 0.5) is 0 Å². The van der Waals surface area contributed by atoms with Crippen LogP contribution in [0.5, 0.6) is 0 Å². The number of aryl methyl sites for hydroxylation is 1. The van der Waals surface area contributed by atoms with E-state index < -0.39 is 11.5 Å². The Bertz CT molecular complexity index is 839. The molecule has 0 bridgehead atoms. The molecule has 27 heavy (non-hydrogen) atoms. The minimum Gasteiger partial charge on any atom is -0.480 e. The molecule has 1 fully saturated rings. The molecule has 5 nitrogen and oxygen atoms in total. The highest BCUT2D eigenvalue weighted by atomic mass is 32.2. The zero-order valence-electron chi connectivity index (χ0n) is 16.0. The fourth-order valence-corrected chi connectivity index (χ4v) is 5.07. The second kappa shape index (κ2) is 7.80. The molecule has 0 spiro atoms. The SMILES string of the molecule is Cc1cc(C(=O)NC2(C(=O)O)CCSCC2)c(C)n1C(C)c1ccccc1. The van der Waals surface area contributed by atoms with Gasteiger partial charge in [0.15, 0.2) is 0 Å². The number of amides is 1. The second-order valence-corrected chi connectivity index (χ2v) is 8.42. The van der Waals surface area contributed by atoms with Crippen molar-refractivity contribution in [2.45, 2.75) is 45.2 Å². The van der Waals surface area contributed by atoms with Crippen LogP contribution >= 0.6 is 11.8 Å². The van der Waals surface area contributed by atoms with Crippen molar-refractivity contribution in [1.82, 2.24) is 9.88 Å². The van der Waals surface area contributed by atoms with Gasteiger partial charge in [-0.25, -0.2) is 4.79 Å². The molecular weight excluding hydrogens is 360 g/mol. The van der Waals surface area contributed by atoms with E-state index in [1.165, 1.54) is 0 Å². The highest BCUT2D eigenvalue weighted by Gasteiger charge is 2.41. The first-order valence-electron chi connectivity index (χ1n) is 9.23. The highest BCUT2D eigenvalue weighted by molar-refractivity contribution is 7.99. The molecule has 6 heteroatoms. The summed E-state index contributed by atoms with van der Waals surface area (Å²) in [6.45, 7) is 6.01. The van der Waals surface area contributed by atoms with E-state index in [1.54, 1.807) is 11.8 Å². The Hall–Kier alpha value is -2.21. The highest BCUT2D eigenvalue weighted by Crippen LogP contribution is 2.29. The molecule has 1 atom stereocenters. The molecule has 2 N–H and O–H groups in total. The fourth-order valence-electron chi connectivity index (χ4n) is 3.88. The Morgan fingerprint density at radius 1 is 1.19 bits per heavy atom. The van der Waals surface area contributed by atoms with Gasteiger partial charge >= 0.3 is 5.97 Å².